The topological polar surface area (TPSA) is 35.5 Å². The van der Waals surface area contributed by atoms with Gasteiger partial charge >= 0.3 is 0 Å². The van der Waals surface area contributed by atoms with E-state index in [1.54, 1.807) is 7.11 Å². The van der Waals surface area contributed by atoms with Gasteiger partial charge < -0.3 is 9.47 Å². The van der Waals surface area contributed by atoms with Gasteiger partial charge in [0.2, 0.25) is 0 Å². The Morgan fingerprint density at radius 3 is 3.08 bits per heavy atom. The average molecular weight is 172 g/mol. The van der Waals surface area contributed by atoms with E-state index in [1.807, 2.05) is 6.92 Å². The first-order chi connectivity index (χ1) is 5.74. The molecule has 2 unspecified atom stereocenters. The van der Waals surface area contributed by atoms with Crippen LogP contribution in [0.5, 0.6) is 0 Å². The average Bonchev–Trinajstić information content (AvgIpc) is 2.09. The van der Waals surface area contributed by atoms with Gasteiger partial charge in [0.25, 0.3) is 0 Å². The molecule has 0 aliphatic carbocycles. The molecule has 1 fully saturated rings. The smallest absolute Gasteiger partial charge is 0.140 e. The Kier molecular flexibility index (Phi) is 3.69. The Morgan fingerprint density at radius 2 is 2.50 bits per heavy atom. The van der Waals surface area contributed by atoms with Crippen LogP contribution < -0.4 is 0 Å². The predicted octanol–water partition coefficient (Wildman–Crippen LogP) is 1.02. The Morgan fingerprint density at radius 1 is 1.75 bits per heavy atom. The molecule has 70 valence electrons. The van der Waals surface area contributed by atoms with Gasteiger partial charge in [-0.2, -0.15) is 0 Å². The molecule has 0 N–H and O–H groups in total. The zero-order valence-electron chi connectivity index (χ0n) is 7.71. The van der Waals surface area contributed by atoms with Gasteiger partial charge in [0.1, 0.15) is 5.78 Å². The summed E-state index contributed by atoms with van der Waals surface area (Å²) in [6.45, 7) is 3.14. The van der Waals surface area contributed by atoms with E-state index in [-0.39, 0.29) is 12.0 Å². The first kappa shape index (κ1) is 9.68. The molecule has 0 spiro atoms. The lowest BCUT2D eigenvalue weighted by atomic mass is 9.95. The Bertz CT molecular complexity index is 156. The van der Waals surface area contributed by atoms with Crippen molar-refractivity contribution < 1.29 is 14.3 Å². The van der Waals surface area contributed by atoms with Crippen molar-refractivity contribution in [2.24, 2.45) is 5.92 Å². The number of methoxy groups -OCH3 is 1. The summed E-state index contributed by atoms with van der Waals surface area (Å²) in [4.78, 5) is 11.3. The third-order valence-electron chi connectivity index (χ3n) is 2.29. The quantitative estimate of drug-likeness (QED) is 0.637. The third kappa shape index (κ3) is 2.57. The van der Waals surface area contributed by atoms with Crippen molar-refractivity contribution in [3.8, 4) is 0 Å². The van der Waals surface area contributed by atoms with Gasteiger partial charge in [-0.05, 0) is 13.3 Å². The summed E-state index contributed by atoms with van der Waals surface area (Å²) in [5.74, 6) is 0.388. The first-order valence-electron chi connectivity index (χ1n) is 4.37. The van der Waals surface area contributed by atoms with Crippen LogP contribution in [0.2, 0.25) is 0 Å². The fourth-order valence-corrected chi connectivity index (χ4v) is 1.39. The molecule has 0 saturated carbocycles. The second-order valence-corrected chi connectivity index (χ2v) is 3.27. The Balaban J connectivity index is 2.34. The molecule has 1 heterocycles. The standard InChI is InChI=1S/C9H16O3/c1-7(11-2)5-8-6-12-4-3-9(8)10/h7-8H,3-6H2,1-2H3. The van der Waals surface area contributed by atoms with Gasteiger partial charge in [-0.3, -0.25) is 4.79 Å². The minimum atomic E-state index is 0.0636. The molecular weight excluding hydrogens is 156 g/mol. The van der Waals surface area contributed by atoms with Crippen LogP contribution in [0.25, 0.3) is 0 Å². The molecule has 1 aliphatic heterocycles. The van der Waals surface area contributed by atoms with Gasteiger partial charge in [0, 0.05) is 19.4 Å². The van der Waals surface area contributed by atoms with Crippen LogP contribution in [0, 0.1) is 5.92 Å². The van der Waals surface area contributed by atoms with Gasteiger partial charge in [-0.1, -0.05) is 0 Å². The second kappa shape index (κ2) is 4.58. The van der Waals surface area contributed by atoms with Crippen LogP contribution in [0.4, 0.5) is 0 Å². The van der Waals surface area contributed by atoms with Gasteiger partial charge in [-0.25, -0.2) is 0 Å². The van der Waals surface area contributed by atoms with Crippen LogP contribution in [0.3, 0.4) is 0 Å². The van der Waals surface area contributed by atoms with E-state index in [2.05, 4.69) is 0 Å². The van der Waals surface area contributed by atoms with E-state index in [0.29, 0.717) is 25.4 Å². The number of hydrogen-bond acceptors (Lipinski definition) is 3. The van der Waals surface area contributed by atoms with E-state index >= 15 is 0 Å². The largest absolute Gasteiger partial charge is 0.382 e. The van der Waals surface area contributed by atoms with Gasteiger partial charge in [0.05, 0.1) is 19.3 Å². The molecule has 0 aromatic rings. The summed E-state index contributed by atoms with van der Waals surface area (Å²) in [6.07, 6.45) is 1.51. The number of rotatable bonds is 3. The fourth-order valence-electron chi connectivity index (χ4n) is 1.39. The van der Waals surface area contributed by atoms with Gasteiger partial charge in [-0.15, -0.1) is 0 Å². The van der Waals surface area contributed by atoms with Crippen LogP contribution in [-0.2, 0) is 14.3 Å². The van der Waals surface area contributed by atoms with Crippen LogP contribution in [0.1, 0.15) is 19.8 Å². The number of hydrogen-bond donors (Lipinski definition) is 0. The van der Waals surface area contributed by atoms with E-state index in [9.17, 15) is 4.79 Å². The fraction of sp³-hybridized carbons (Fsp3) is 0.889. The minimum Gasteiger partial charge on any atom is -0.382 e. The predicted molar refractivity (Wildman–Crippen MR) is 45.0 cm³/mol. The zero-order valence-corrected chi connectivity index (χ0v) is 7.71. The summed E-state index contributed by atoms with van der Waals surface area (Å²) in [5, 5.41) is 0. The molecule has 0 amide bonds. The van der Waals surface area contributed by atoms with E-state index in [1.165, 1.54) is 0 Å². The normalized spacial score (nSPS) is 27.2. The maximum Gasteiger partial charge on any atom is 0.140 e. The number of ketones is 1. The highest BCUT2D eigenvalue weighted by atomic mass is 16.5. The molecule has 3 heteroatoms. The summed E-state index contributed by atoms with van der Waals surface area (Å²) in [7, 11) is 1.67. The molecule has 12 heavy (non-hydrogen) atoms. The van der Waals surface area contributed by atoms with Crippen molar-refractivity contribution in [2.45, 2.75) is 25.9 Å². The highest BCUT2D eigenvalue weighted by Gasteiger charge is 2.24. The first-order valence-corrected chi connectivity index (χ1v) is 4.37. The molecule has 0 aromatic heterocycles. The van der Waals surface area contributed by atoms with Crippen molar-refractivity contribution in [3.63, 3.8) is 0 Å². The maximum absolute atomic E-state index is 11.3. The molecular formula is C9H16O3. The van der Waals surface area contributed by atoms with E-state index < -0.39 is 0 Å². The highest BCUT2D eigenvalue weighted by molar-refractivity contribution is 5.81. The molecule has 3 nitrogen and oxygen atoms in total. The van der Waals surface area contributed by atoms with Crippen LogP contribution >= 0.6 is 0 Å². The SMILES string of the molecule is COC(C)CC1COCCC1=O. The molecule has 1 saturated heterocycles. The summed E-state index contributed by atoms with van der Waals surface area (Å²) < 4.78 is 10.3. The summed E-state index contributed by atoms with van der Waals surface area (Å²) in [5.41, 5.74) is 0. The van der Waals surface area contributed by atoms with Crippen LogP contribution in [0.15, 0.2) is 0 Å². The van der Waals surface area contributed by atoms with Crippen LogP contribution in [-0.4, -0.2) is 32.2 Å². The lowest BCUT2D eigenvalue weighted by Gasteiger charge is -2.22. The van der Waals surface area contributed by atoms with Crippen molar-refractivity contribution in [3.05, 3.63) is 0 Å². The molecule has 1 aliphatic rings. The van der Waals surface area contributed by atoms with Crippen molar-refractivity contribution in [2.75, 3.05) is 20.3 Å². The molecule has 0 aromatic carbocycles. The molecule has 2 atom stereocenters. The number of carbonyl (C=O) groups excluding carboxylic acids is 1. The Hall–Kier alpha value is -0.410. The number of carbonyl (C=O) groups is 1. The highest BCUT2D eigenvalue weighted by Crippen LogP contribution is 2.16. The second-order valence-electron chi connectivity index (χ2n) is 3.27. The van der Waals surface area contributed by atoms with Crippen molar-refractivity contribution >= 4 is 5.78 Å². The van der Waals surface area contributed by atoms with E-state index in [0.717, 1.165) is 6.42 Å². The van der Waals surface area contributed by atoms with E-state index in [4.69, 9.17) is 9.47 Å². The molecule has 0 bridgehead atoms. The summed E-state index contributed by atoms with van der Waals surface area (Å²) >= 11 is 0. The van der Waals surface area contributed by atoms with Crippen molar-refractivity contribution in [1.29, 1.82) is 0 Å². The zero-order chi connectivity index (χ0) is 8.97. The van der Waals surface area contributed by atoms with Gasteiger partial charge in [0.15, 0.2) is 0 Å². The molecule has 1 rings (SSSR count). The summed E-state index contributed by atoms with van der Waals surface area (Å²) in [6, 6.07) is 0. The lowest BCUT2D eigenvalue weighted by molar-refractivity contribution is -0.132. The Labute approximate surface area is 73.0 Å². The lowest BCUT2D eigenvalue weighted by Crippen LogP contribution is -2.30. The number of ether oxygens (including phenoxy) is 2. The minimum absolute atomic E-state index is 0.0636. The monoisotopic (exact) mass is 172 g/mol. The third-order valence-corrected chi connectivity index (χ3v) is 2.29. The molecule has 0 radical (unpaired) electrons. The number of Topliss-reactive ketones (excluding diaryl/α,β-unsaturated/α-hetero) is 1. The maximum atomic E-state index is 11.3. The van der Waals surface area contributed by atoms with Crippen molar-refractivity contribution in [1.82, 2.24) is 0 Å².